The zero-order valence-corrected chi connectivity index (χ0v) is 18.3. The van der Waals surface area contributed by atoms with Crippen molar-refractivity contribution >= 4 is 18.1 Å². The SMILES string of the molecule is CCOC(=O)COc1ccc(C=NNC(=O)COc2c(C)cccc2C)cc1OCC. The molecule has 0 atom stereocenters. The van der Waals surface area contributed by atoms with Gasteiger partial charge in [0.05, 0.1) is 19.4 Å². The molecular formula is C23H28N2O6. The second-order valence-electron chi connectivity index (χ2n) is 6.54. The van der Waals surface area contributed by atoms with Gasteiger partial charge in [-0.3, -0.25) is 4.79 Å². The molecule has 0 aromatic heterocycles. The fraction of sp³-hybridized carbons (Fsp3) is 0.348. The van der Waals surface area contributed by atoms with Crippen molar-refractivity contribution in [3.63, 3.8) is 0 Å². The molecule has 0 saturated heterocycles. The molecule has 0 aliphatic heterocycles. The maximum Gasteiger partial charge on any atom is 0.344 e. The van der Waals surface area contributed by atoms with Crippen LogP contribution in [0.2, 0.25) is 0 Å². The van der Waals surface area contributed by atoms with Crippen molar-refractivity contribution < 1.29 is 28.5 Å². The van der Waals surface area contributed by atoms with Crippen LogP contribution in [-0.2, 0) is 14.3 Å². The molecule has 0 aliphatic rings. The number of amides is 1. The van der Waals surface area contributed by atoms with Crippen LogP contribution < -0.4 is 19.6 Å². The Morgan fingerprint density at radius 2 is 1.68 bits per heavy atom. The van der Waals surface area contributed by atoms with E-state index < -0.39 is 5.97 Å². The molecule has 0 fully saturated rings. The topological polar surface area (TPSA) is 95.5 Å². The number of aryl methyl sites for hydroxylation is 2. The predicted molar refractivity (Wildman–Crippen MR) is 117 cm³/mol. The molecule has 0 saturated carbocycles. The fourth-order valence-corrected chi connectivity index (χ4v) is 2.71. The van der Waals surface area contributed by atoms with E-state index in [-0.39, 0.29) is 25.7 Å². The smallest absolute Gasteiger partial charge is 0.344 e. The largest absolute Gasteiger partial charge is 0.490 e. The van der Waals surface area contributed by atoms with E-state index in [0.29, 0.717) is 29.4 Å². The van der Waals surface area contributed by atoms with Crippen LogP contribution in [0.15, 0.2) is 41.5 Å². The van der Waals surface area contributed by atoms with Gasteiger partial charge in [-0.1, -0.05) is 18.2 Å². The third kappa shape index (κ3) is 7.65. The highest BCUT2D eigenvalue weighted by molar-refractivity contribution is 5.83. The number of nitrogens with zero attached hydrogens (tertiary/aromatic N) is 1. The van der Waals surface area contributed by atoms with E-state index in [9.17, 15) is 9.59 Å². The van der Waals surface area contributed by atoms with Crippen LogP contribution in [-0.4, -0.2) is 44.5 Å². The van der Waals surface area contributed by atoms with Crippen LogP contribution in [0.4, 0.5) is 0 Å². The fourth-order valence-electron chi connectivity index (χ4n) is 2.71. The number of hydrogen-bond acceptors (Lipinski definition) is 7. The summed E-state index contributed by atoms with van der Waals surface area (Å²) in [5, 5.41) is 3.95. The van der Waals surface area contributed by atoms with Crippen LogP contribution in [0.3, 0.4) is 0 Å². The van der Waals surface area contributed by atoms with Crippen molar-refractivity contribution in [3.8, 4) is 17.2 Å². The molecule has 8 heteroatoms. The summed E-state index contributed by atoms with van der Waals surface area (Å²) >= 11 is 0. The van der Waals surface area contributed by atoms with Crippen molar-refractivity contribution in [2.45, 2.75) is 27.7 Å². The highest BCUT2D eigenvalue weighted by Crippen LogP contribution is 2.28. The number of rotatable bonds is 11. The van der Waals surface area contributed by atoms with Gasteiger partial charge < -0.3 is 18.9 Å². The normalized spacial score (nSPS) is 10.6. The Balaban J connectivity index is 1.92. The molecule has 0 unspecified atom stereocenters. The zero-order chi connectivity index (χ0) is 22.6. The minimum Gasteiger partial charge on any atom is -0.490 e. The van der Waals surface area contributed by atoms with Gasteiger partial charge in [0.15, 0.2) is 24.7 Å². The van der Waals surface area contributed by atoms with Gasteiger partial charge in [-0.2, -0.15) is 5.10 Å². The molecule has 1 N–H and O–H groups in total. The maximum absolute atomic E-state index is 12.0. The molecule has 0 aliphatic carbocycles. The second-order valence-corrected chi connectivity index (χ2v) is 6.54. The molecule has 0 heterocycles. The van der Waals surface area contributed by atoms with Crippen LogP contribution in [0.25, 0.3) is 0 Å². The number of hydrazone groups is 1. The van der Waals surface area contributed by atoms with Crippen LogP contribution in [0.5, 0.6) is 17.2 Å². The number of ether oxygens (including phenoxy) is 4. The minimum absolute atomic E-state index is 0.145. The summed E-state index contributed by atoms with van der Waals surface area (Å²) in [6, 6.07) is 10.9. The third-order valence-corrected chi connectivity index (χ3v) is 4.08. The predicted octanol–water partition coefficient (Wildman–Crippen LogP) is 3.17. The lowest BCUT2D eigenvalue weighted by Crippen LogP contribution is -2.25. The summed E-state index contributed by atoms with van der Waals surface area (Å²) in [4.78, 5) is 23.5. The van der Waals surface area contributed by atoms with Gasteiger partial charge in [0, 0.05) is 0 Å². The zero-order valence-electron chi connectivity index (χ0n) is 18.3. The van der Waals surface area contributed by atoms with Gasteiger partial charge in [0.25, 0.3) is 5.91 Å². The number of para-hydroxylation sites is 1. The average molecular weight is 428 g/mol. The summed E-state index contributed by atoms with van der Waals surface area (Å²) < 4.78 is 21.5. The first kappa shape index (κ1) is 23.7. The molecule has 31 heavy (non-hydrogen) atoms. The third-order valence-electron chi connectivity index (χ3n) is 4.08. The molecule has 2 aromatic carbocycles. The summed E-state index contributed by atoms with van der Waals surface area (Å²) in [7, 11) is 0. The standard InChI is InChI=1S/C23H28N2O6/c1-5-28-20-12-18(10-11-19(20)30-15-22(27)29-6-2)13-24-25-21(26)14-31-23-16(3)8-7-9-17(23)4/h7-13H,5-6,14-15H2,1-4H3,(H,25,26). The Morgan fingerprint density at radius 3 is 2.35 bits per heavy atom. The van der Waals surface area contributed by atoms with Gasteiger partial charge in [-0.15, -0.1) is 0 Å². The average Bonchev–Trinajstić information content (AvgIpc) is 2.73. The Kier molecular flexibility index (Phi) is 9.35. The Morgan fingerprint density at radius 1 is 0.935 bits per heavy atom. The van der Waals surface area contributed by atoms with E-state index in [1.165, 1.54) is 6.21 Å². The Bertz CT molecular complexity index is 906. The van der Waals surface area contributed by atoms with Crippen molar-refractivity contribution in [1.82, 2.24) is 5.43 Å². The first-order chi connectivity index (χ1) is 14.9. The summed E-state index contributed by atoms with van der Waals surface area (Å²) in [5.41, 5.74) is 5.04. The van der Waals surface area contributed by atoms with Crippen molar-refractivity contribution in [2.75, 3.05) is 26.4 Å². The molecule has 0 spiro atoms. The quantitative estimate of drug-likeness (QED) is 0.336. The van der Waals surface area contributed by atoms with Gasteiger partial charge in [0.2, 0.25) is 0 Å². The lowest BCUT2D eigenvalue weighted by atomic mass is 10.1. The van der Waals surface area contributed by atoms with Gasteiger partial charge >= 0.3 is 5.97 Å². The first-order valence-electron chi connectivity index (χ1n) is 10.0. The summed E-state index contributed by atoms with van der Waals surface area (Å²) in [5.74, 6) is 0.736. The molecule has 0 radical (unpaired) electrons. The molecule has 2 aromatic rings. The van der Waals surface area contributed by atoms with E-state index >= 15 is 0 Å². The molecule has 2 rings (SSSR count). The lowest BCUT2D eigenvalue weighted by Gasteiger charge is -2.12. The number of carbonyl (C=O) groups is 2. The molecule has 0 bridgehead atoms. The molecule has 8 nitrogen and oxygen atoms in total. The number of esters is 1. The van der Waals surface area contributed by atoms with Crippen LogP contribution in [0.1, 0.15) is 30.5 Å². The van der Waals surface area contributed by atoms with E-state index in [4.69, 9.17) is 18.9 Å². The van der Waals surface area contributed by atoms with E-state index in [2.05, 4.69) is 10.5 Å². The number of nitrogens with one attached hydrogen (secondary N) is 1. The monoisotopic (exact) mass is 428 g/mol. The van der Waals surface area contributed by atoms with Gasteiger partial charge in [-0.05, 0) is 62.6 Å². The maximum atomic E-state index is 12.0. The first-order valence-corrected chi connectivity index (χ1v) is 10.0. The van der Waals surface area contributed by atoms with Gasteiger partial charge in [0.1, 0.15) is 5.75 Å². The van der Waals surface area contributed by atoms with Crippen molar-refractivity contribution in [3.05, 3.63) is 53.1 Å². The Hall–Kier alpha value is -3.55. The van der Waals surface area contributed by atoms with Crippen molar-refractivity contribution in [2.24, 2.45) is 5.10 Å². The highest BCUT2D eigenvalue weighted by Gasteiger charge is 2.10. The molecular weight excluding hydrogens is 400 g/mol. The molecule has 1 amide bonds. The van der Waals surface area contributed by atoms with Crippen LogP contribution in [0, 0.1) is 13.8 Å². The lowest BCUT2D eigenvalue weighted by molar-refractivity contribution is -0.145. The molecule has 166 valence electrons. The van der Waals surface area contributed by atoms with Crippen molar-refractivity contribution in [1.29, 1.82) is 0 Å². The second kappa shape index (κ2) is 12.2. The van der Waals surface area contributed by atoms with Gasteiger partial charge in [-0.25, -0.2) is 10.2 Å². The number of hydrogen-bond donors (Lipinski definition) is 1. The number of benzene rings is 2. The highest BCUT2D eigenvalue weighted by atomic mass is 16.6. The summed E-state index contributed by atoms with van der Waals surface area (Å²) in [6.07, 6.45) is 1.48. The van der Waals surface area contributed by atoms with E-state index in [1.54, 1.807) is 25.1 Å². The summed E-state index contributed by atoms with van der Waals surface area (Å²) in [6.45, 7) is 7.77. The number of carbonyl (C=O) groups excluding carboxylic acids is 2. The van der Waals surface area contributed by atoms with Crippen LogP contribution >= 0.6 is 0 Å². The van der Waals surface area contributed by atoms with E-state index in [0.717, 1.165) is 11.1 Å². The minimum atomic E-state index is -0.457. The van der Waals surface area contributed by atoms with E-state index in [1.807, 2.05) is 39.0 Å². The Labute approximate surface area is 182 Å².